The highest BCUT2D eigenvalue weighted by atomic mass is 35.5. The third-order valence-electron chi connectivity index (χ3n) is 4.25. The molecule has 0 radical (unpaired) electrons. The zero-order valence-corrected chi connectivity index (χ0v) is 17.5. The van der Waals surface area contributed by atoms with Gasteiger partial charge in [0.05, 0.1) is 0 Å². The molecule has 5 nitrogen and oxygen atoms in total. The standard InChI is InChI=1S/C24H22ClNO4/c1-16-12-17(2)14-20(13-16)26-24(28)23(18-6-4-3-5-7-18)30-22(27)15-29-21-10-8-19(25)9-11-21/h3-14,23H,15H2,1-2H3,(H,26,28)/t23-/m1/s1. The van der Waals surface area contributed by atoms with Gasteiger partial charge in [0.15, 0.2) is 6.61 Å². The van der Waals surface area contributed by atoms with Crippen molar-refractivity contribution in [3.63, 3.8) is 0 Å². The van der Waals surface area contributed by atoms with Gasteiger partial charge in [-0.05, 0) is 61.4 Å². The summed E-state index contributed by atoms with van der Waals surface area (Å²) < 4.78 is 10.9. The van der Waals surface area contributed by atoms with Gasteiger partial charge in [-0.3, -0.25) is 4.79 Å². The molecular formula is C24H22ClNO4. The molecule has 0 heterocycles. The van der Waals surface area contributed by atoms with E-state index in [4.69, 9.17) is 21.1 Å². The predicted octanol–water partition coefficient (Wildman–Crippen LogP) is 5.26. The lowest BCUT2D eigenvalue weighted by Gasteiger charge is -2.18. The fourth-order valence-electron chi connectivity index (χ4n) is 2.99. The number of halogens is 1. The van der Waals surface area contributed by atoms with Crippen LogP contribution in [0.4, 0.5) is 5.69 Å². The van der Waals surface area contributed by atoms with Gasteiger partial charge in [0, 0.05) is 16.3 Å². The molecule has 154 valence electrons. The summed E-state index contributed by atoms with van der Waals surface area (Å²) in [6, 6.07) is 21.2. The van der Waals surface area contributed by atoms with Crippen LogP contribution in [0.1, 0.15) is 22.8 Å². The molecule has 0 saturated carbocycles. The molecule has 0 saturated heterocycles. The summed E-state index contributed by atoms with van der Waals surface area (Å²) in [7, 11) is 0. The summed E-state index contributed by atoms with van der Waals surface area (Å²) >= 11 is 5.84. The number of hydrogen-bond donors (Lipinski definition) is 1. The second-order valence-electron chi connectivity index (χ2n) is 6.89. The minimum atomic E-state index is -1.10. The van der Waals surface area contributed by atoms with E-state index in [0.29, 0.717) is 22.0 Å². The van der Waals surface area contributed by atoms with Gasteiger partial charge in [-0.25, -0.2) is 4.79 Å². The molecule has 3 aromatic rings. The molecule has 1 amide bonds. The summed E-state index contributed by atoms with van der Waals surface area (Å²) in [6.07, 6.45) is -1.10. The first-order chi connectivity index (χ1) is 14.4. The SMILES string of the molecule is Cc1cc(C)cc(NC(=O)[C@H](OC(=O)COc2ccc(Cl)cc2)c2ccccc2)c1. The Hall–Kier alpha value is -3.31. The van der Waals surface area contributed by atoms with Gasteiger partial charge in [-0.2, -0.15) is 0 Å². The lowest BCUT2D eigenvalue weighted by molar-refractivity contribution is -0.156. The molecule has 0 spiro atoms. The van der Waals surface area contributed by atoms with Gasteiger partial charge in [0.1, 0.15) is 5.75 Å². The highest BCUT2D eigenvalue weighted by Gasteiger charge is 2.25. The van der Waals surface area contributed by atoms with E-state index < -0.39 is 18.0 Å². The Morgan fingerprint density at radius 3 is 2.20 bits per heavy atom. The number of anilines is 1. The van der Waals surface area contributed by atoms with Crippen molar-refractivity contribution in [2.75, 3.05) is 11.9 Å². The Kier molecular flexibility index (Phi) is 7.09. The molecule has 3 rings (SSSR count). The van der Waals surface area contributed by atoms with Crippen LogP contribution < -0.4 is 10.1 Å². The smallest absolute Gasteiger partial charge is 0.345 e. The topological polar surface area (TPSA) is 64.6 Å². The van der Waals surface area contributed by atoms with E-state index in [0.717, 1.165) is 11.1 Å². The van der Waals surface area contributed by atoms with Crippen LogP contribution in [0.2, 0.25) is 5.02 Å². The molecule has 0 aliphatic rings. The van der Waals surface area contributed by atoms with Crippen LogP contribution in [0.25, 0.3) is 0 Å². The molecular weight excluding hydrogens is 402 g/mol. The Labute approximate surface area is 180 Å². The molecule has 1 N–H and O–H groups in total. The van der Waals surface area contributed by atoms with Crippen molar-refractivity contribution in [1.82, 2.24) is 0 Å². The number of hydrogen-bond acceptors (Lipinski definition) is 4. The average Bonchev–Trinajstić information content (AvgIpc) is 2.71. The lowest BCUT2D eigenvalue weighted by atomic mass is 10.1. The first kappa shape index (κ1) is 21.4. The van der Waals surface area contributed by atoms with Crippen molar-refractivity contribution in [3.05, 3.63) is 94.5 Å². The summed E-state index contributed by atoms with van der Waals surface area (Å²) in [5.41, 5.74) is 3.26. The number of nitrogens with one attached hydrogen (secondary N) is 1. The second-order valence-corrected chi connectivity index (χ2v) is 7.33. The third-order valence-corrected chi connectivity index (χ3v) is 4.50. The maximum Gasteiger partial charge on any atom is 0.345 e. The van der Waals surface area contributed by atoms with E-state index in [1.54, 1.807) is 48.5 Å². The molecule has 0 unspecified atom stereocenters. The zero-order valence-electron chi connectivity index (χ0n) is 16.7. The zero-order chi connectivity index (χ0) is 21.5. The van der Waals surface area contributed by atoms with Crippen LogP contribution >= 0.6 is 11.6 Å². The molecule has 6 heteroatoms. The molecule has 0 aliphatic heterocycles. The van der Waals surface area contributed by atoms with Crippen molar-refractivity contribution < 1.29 is 19.1 Å². The third kappa shape index (κ3) is 6.09. The Balaban J connectivity index is 1.71. The Morgan fingerprint density at radius 1 is 0.933 bits per heavy atom. The van der Waals surface area contributed by atoms with Crippen molar-refractivity contribution in [2.45, 2.75) is 20.0 Å². The fraction of sp³-hybridized carbons (Fsp3) is 0.167. The van der Waals surface area contributed by atoms with Gasteiger partial charge in [-0.15, -0.1) is 0 Å². The average molecular weight is 424 g/mol. The van der Waals surface area contributed by atoms with Crippen LogP contribution in [-0.2, 0) is 14.3 Å². The highest BCUT2D eigenvalue weighted by Crippen LogP contribution is 2.22. The predicted molar refractivity (Wildman–Crippen MR) is 117 cm³/mol. The van der Waals surface area contributed by atoms with Crippen LogP contribution in [0.3, 0.4) is 0 Å². The molecule has 30 heavy (non-hydrogen) atoms. The Morgan fingerprint density at radius 2 is 1.57 bits per heavy atom. The van der Waals surface area contributed by atoms with Crippen molar-refractivity contribution in [3.8, 4) is 5.75 Å². The number of aryl methyl sites for hydroxylation is 2. The number of ether oxygens (including phenoxy) is 2. The first-order valence-corrected chi connectivity index (χ1v) is 9.80. The molecule has 0 fully saturated rings. The molecule has 3 aromatic carbocycles. The lowest BCUT2D eigenvalue weighted by Crippen LogP contribution is -2.28. The molecule has 0 bridgehead atoms. The number of benzene rings is 3. The van der Waals surface area contributed by atoms with Crippen molar-refractivity contribution >= 4 is 29.2 Å². The monoisotopic (exact) mass is 423 g/mol. The maximum atomic E-state index is 12.9. The van der Waals surface area contributed by atoms with Crippen molar-refractivity contribution in [2.24, 2.45) is 0 Å². The molecule has 0 aromatic heterocycles. The number of carbonyl (C=O) groups excluding carboxylic acids is 2. The van der Waals surface area contributed by atoms with Crippen molar-refractivity contribution in [1.29, 1.82) is 0 Å². The van der Waals surface area contributed by atoms with E-state index >= 15 is 0 Å². The van der Waals surface area contributed by atoms with E-state index in [1.165, 1.54) is 0 Å². The highest BCUT2D eigenvalue weighted by molar-refractivity contribution is 6.30. The summed E-state index contributed by atoms with van der Waals surface area (Å²) in [6.45, 7) is 3.57. The minimum Gasteiger partial charge on any atom is -0.482 e. The molecule has 0 aliphatic carbocycles. The number of esters is 1. The van der Waals surface area contributed by atoms with Crippen LogP contribution in [0, 0.1) is 13.8 Å². The van der Waals surface area contributed by atoms with Gasteiger partial charge in [-0.1, -0.05) is 48.0 Å². The maximum absolute atomic E-state index is 12.9. The number of carbonyl (C=O) groups is 2. The van der Waals surface area contributed by atoms with Gasteiger partial charge >= 0.3 is 5.97 Å². The van der Waals surface area contributed by atoms with E-state index in [9.17, 15) is 9.59 Å². The number of rotatable bonds is 7. The number of amides is 1. The second kappa shape index (κ2) is 9.94. The van der Waals surface area contributed by atoms with Gasteiger partial charge in [0.25, 0.3) is 5.91 Å². The fourth-order valence-corrected chi connectivity index (χ4v) is 3.12. The van der Waals surface area contributed by atoms with Gasteiger partial charge < -0.3 is 14.8 Å². The molecule has 1 atom stereocenters. The summed E-state index contributed by atoms with van der Waals surface area (Å²) in [4.78, 5) is 25.3. The van der Waals surface area contributed by atoms with E-state index in [2.05, 4.69) is 5.32 Å². The van der Waals surface area contributed by atoms with Crippen LogP contribution in [-0.4, -0.2) is 18.5 Å². The van der Waals surface area contributed by atoms with E-state index in [-0.39, 0.29) is 6.61 Å². The first-order valence-electron chi connectivity index (χ1n) is 9.42. The van der Waals surface area contributed by atoms with Gasteiger partial charge in [0.2, 0.25) is 6.10 Å². The summed E-state index contributed by atoms with van der Waals surface area (Å²) in [5.74, 6) is -0.618. The Bertz CT molecular complexity index is 999. The van der Waals surface area contributed by atoms with Crippen LogP contribution in [0.15, 0.2) is 72.8 Å². The largest absolute Gasteiger partial charge is 0.482 e. The van der Waals surface area contributed by atoms with Crippen LogP contribution in [0.5, 0.6) is 5.75 Å². The van der Waals surface area contributed by atoms with E-state index in [1.807, 2.05) is 38.1 Å². The minimum absolute atomic E-state index is 0.332. The normalized spacial score (nSPS) is 11.4. The quantitative estimate of drug-likeness (QED) is 0.526. The summed E-state index contributed by atoms with van der Waals surface area (Å²) in [5, 5.41) is 3.40.